The zero-order valence-electron chi connectivity index (χ0n) is 21.1. The van der Waals surface area contributed by atoms with Crippen molar-refractivity contribution in [2.45, 2.75) is 70.4 Å². The molecule has 0 spiro atoms. The highest BCUT2D eigenvalue weighted by atomic mass is 19.1. The van der Waals surface area contributed by atoms with Gasteiger partial charge in [-0.15, -0.1) is 0 Å². The van der Waals surface area contributed by atoms with Crippen molar-refractivity contribution in [3.8, 4) is 5.75 Å². The second-order valence-corrected chi connectivity index (χ2v) is 9.14. The van der Waals surface area contributed by atoms with E-state index in [9.17, 15) is 14.3 Å². The van der Waals surface area contributed by atoms with Crippen molar-refractivity contribution in [1.82, 2.24) is 0 Å². The van der Waals surface area contributed by atoms with Crippen LogP contribution < -0.4 is 4.74 Å². The zero-order valence-corrected chi connectivity index (χ0v) is 21.1. The standard InChI is InChI=1S/C29H39FO6/c1-2-33-28(32)10-6-4-3-5-9-22-12-19-27(36-29-11-7-8-20-34-29)26(22)18-15-24(31)21-35-25-16-13-23(30)14-17-25/h3,5,12-19,22,24,26-27,29,31H,2,4,6-11,20-21H2,1H3/t22-,24?,26+,27+,29?/m0/s1. The molecule has 3 rings (SSSR count). The van der Waals surface area contributed by atoms with Crippen LogP contribution in [0.5, 0.6) is 5.75 Å². The van der Waals surface area contributed by atoms with Gasteiger partial charge in [0.2, 0.25) is 0 Å². The minimum absolute atomic E-state index is 0.0557. The first-order chi connectivity index (χ1) is 17.5. The van der Waals surface area contributed by atoms with E-state index in [0.29, 0.717) is 18.8 Å². The largest absolute Gasteiger partial charge is 0.491 e. The third-order valence-electron chi connectivity index (χ3n) is 6.29. The number of hydrogen-bond donors (Lipinski definition) is 1. The normalized spacial score (nSPS) is 25.0. The minimum atomic E-state index is -0.804. The number of rotatable bonds is 14. The molecule has 2 unspecified atom stereocenters. The Labute approximate surface area is 213 Å². The van der Waals surface area contributed by atoms with Crippen molar-refractivity contribution < 1.29 is 33.2 Å². The molecule has 1 saturated heterocycles. The summed E-state index contributed by atoms with van der Waals surface area (Å²) >= 11 is 0. The molecule has 1 aromatic rings. The molecule has 5 atom stereocenters. The first kappa shape index (κ1) is 28.1. The summed E-state index contributed by atoms with van der Waals surface area (Å²) in [5.74, 6) is 0.305. The van der Waals surface area contributed by atoms with Crippen molar-refractivity contribution in [2.24, 2.45) is 11.8 Å². The van der Waals surface area contributed by atoms with Crippen molar-refractivity contribution >= 4 is 5.97 Å². The first-order valence-electron chi connectivity index (χ1n) is 13.1. The number of aliphatic hydroxyl groups is 1. The van der Waals surface area contributed by atoms with Crippen LogP contribution >= 0.6 is 0 Å². The van der Waals surface area contributed by atoms with Crippen molar-refractivity contribution in [3.63, 3.8) is 0 Å². The van der Waals surface area contributed by atoms with E-state index >= 15 is 0 Å². The van der Waals surface area contributed by atoms with Crippen LogP contribution in [-0.4, -0.2) is 49.4 Å². The average molecular weight is 503 g/mol. The van der Waals surface area contributed by atoms with E-state index < -0.39 is 6.10 Å². The van der Waals surface area contributed by atoms with Gasteiger partial charge in [0.15, 0.2) is 6.29 Å². The monoisotopic (exact) mass is 502 g/mol. The molecule has 0 saturated carbocycles. The van der Waals surface area contributed by atoms with Gasteiger partial charge in [0.1, 0.15) is 24.3 Å². The fourth-order valence-electron chi connectivity index (χ4n) is 4.36. The Balaban J connectivity index is 1.52. The summed E-state index contributed by atoms with van der Waals surface area (Å²) in [6.45, 7) is 3.02. The number of unbranched alkanes of at least 4 members (excludes halogenated alkanes) is 1. The number of esters is 1. The number of carbonyl (C=O) groups is 1. The van der Waals surface area contributed by atoms with Gasteiger partial charge in [-0.2, -0.15) is 0 Å². The zero-order chi connectivity index (χ0) is 25.6. The van der Waals surface area contributed by atoms with Gasteiger partial charge in [0.25, 0.3) is 0 Å². The maximum Gasteiger partial charge on any atom is 0.305 e. The van der Waals surface area contributed by atoms with E-state index in [0.717, 1.165) is 45.1 Å². The molecule has 0 radical (unpaired) electrons. The molecule has 1 heterocycles. The molecule has 1 aliphatic heterocycles. The highest BCUT2D eigenvalue weighted by molar-refractivity contribution is 5.69. The van der Waals surface area contributed by atoms with Crippen LogP contribution in [0, 0.1) is 17.7 Å². The summed E-state index contributed by atoms with van der Waals surface area (Å²) in [6.07, 6.45) is 17.0. The van der Waals surface area contributed by atoms with Gasteiger partial charge in [0, 0.05) is 18.9 Å². The summed E-state index contributed by atoms with van der Waals surface area (Å²) in [6, 6.07) is 5.73. The second kappa shape index (κ2) is 15.6. The first-order valence-corrected chi connectivity index (χ1v) is 13.1. The van der Waals surface area contributed by atoms with Gasteiger partial charge < -0.3 is 24.1 Å². The Hall–Kier alpha value is -2.48. The highest BCUT2D eigenvalue weighted by Gasteiger charge is 2.32. The molecule has 2 aliphatic rings. The second-order valence-electron chi connectivity index (χ2n) is 9.14. The Bertz CT molecular complexity index is 859. The molecule has 36 heavy (non-hydrogen) atoms. The number of benzene rings is 1. The van der Waals surface area contributed by atoms with Gasteiger partial charge in [-0.25, -0.2) is 4.39 Å². The molecule has 0 amide bonds. The quantitative estimate of drug-likeness (QED) is 0.205. The van der Waals surface area contributed by atoms with Gasteiger partial charge in [-0.3, -0.25) is 4.79 Å². The summed E-state index contributed by atoms with van der Waals surface area (Å²) in [5.41, 5.74) is 0. The number of allylic oxidation sites excluding steroid dienone is 3. The average Bonchev–Trinajstić information content (AvgIpc) is 3.26. The number of carbonyl (C=O) groups excluding carboxylic acids is 1. The Kier molecular flexibility index (Phi) is 12.2. The smallest absolute Gasteiger partial charge is 0.305 e. The number of halogens is 1. The van der Waals surface area contributed by atoms with E-state index in [1.54, 1.807) is 6.08 Å². The molecular weight excluding hydrogens is 463 g/mol. The van der Waals surface area contributed by atoms with Crippen molar-refractivity contribution in [3.05, 3.63) is 66.5 Å². The Morgan fingerprint density at radius 1 is 1.22 bits per heavy atom. The van der Waals surface area contributed by atoms with Gasteiger partial charge >= 0.3 is 5.97 Å². The summed E-state index contributed by atoms with van der Waals surface area (Å²) < 4.78 is 35.7. The highest BCUT2D eigenvalue weighted by Crippen LogP contribution is 2.34. The van der Waals surface area contributed by atoms with E-state index in [-0.39, 0.29) is 42.6 Å². The van der Waals surface area contributed by atoms with Crippen LogP contribution in [0.15, 0.2) is 60.7 Å². The molecule has 7 heteroatoms. The van der Waals surface area contributed by atoms with E-state index in [2.05, 4.69) is 24.3 Å². The minimum Gasteiger partial charge on any atom is -0.491 e. The summed E-state index contributed by atoms with van der Waals surface area (Å²) in [5, 5.41) is 10.5. The predicted molar refractivity (Wildman–Crippen MR) is 136 cm³/mol. The Morgan fingerprint density at radius 3 is 2.81 bits per heavy atom. The van der Waals surface area contributed by atoms with Crippen LogP contribution in [0.25, 0.3) is 0 Å². The van der Waals surface area contributed by atoms with Gasteiger partial charge in [0.05, 0.1) is 12.7 Å². The van der Waals surface area contributed by atoms with Crippen LogP contribution in [0.1, 0.15) is 51.9 Å². The fourth-order valence-corrected chi connectivity index (χ4v) is 4.36. The molecule has 198 valence electrons. The lowest BCUT2D eigenvalue weighted by atomic mass is 9.90. The third-order valence-corrected chi connectivity index (χ3v) is 6.29. The lowest BCUT2D eigenvalue weighted by Gasteiger charge is -2.29. The molecule has 1 aromatic carbocycles. The number of hydrogen-bond acceptors (Lipinski definition) is 6. The van der Waals surface area contributed by atoms with Gasteiger partial charge in [-0.05, 0) is 75.6 Å². The van der Waals surface area contributed by atoms with Crippen LogP contribution in [0.3, 0.4) is 0 Å². The third kappa shape index (κ3) is 9.88. The topological polar surface area (TPSA) is 74.2 Å². The molecule has 1 N–H and O–H groups in total. The lowest BCUT2D eigenvalue weighted by Crippen LogP contribution is -2.31. The van der Waals surface area contributed by atoms with E-state index in [1.807, 2.05) is 13.0 Å². The maximum atomic E-state index is 13.1. The van der Waals surface area contributed by atoms with E-state index in [4.69, 9.17) is 18.9 Å². The van der Waals surface area contributed by atoms with Crippen molar-refractivity contribution in [2.75, 3.05) is 19.8 Å². The molecule has 1 fully saturated rings. The summed E-state index contributed by atoms with van der Waals surface area (Å²) in [7, 11) is 0. The number of aliphatic hydroxyl groups excluding tert-OH is 1. The predicted octanol–water partition coefficient (Wildman–Crippen LogP) is 5.52. The molecule has 0 bridgehead atoms. The van der Waals surface area contributed by atoms with Crippen molar-refractivity contribution in [1.29, 1.82) is 0 Å². The fraction of sp³-hybridized carbons (Fsp3) is 0.552. The number of ether oxygens (including phenoxy) is 4. The Morgan fingerprint density at radius 2 is 2.06 bits per heavy atom. The SMILES string of the molecule is CCOC(=O)CCCC=CC[C@H]1C=C[C@@H](OC2CCCCO2)[C@@H]1C=CC(O)COc1ccc(F)cc1. The lowest BCUT2D eigenvalue weighted by molar-refractivity contribution is -0.184. The molecule has 1 aliphatic carbocycles. The van der Waals surface area contributed by atoms with Crippen LogP contribution in [0.2, 0.25) is 0 Å². The molecule has 6 nitrogen and oxygen atoms in total. The van der Waals surface area contributed by atoms with Crippen LogP contribution in [-0.2, 0) is 19.0 Å². The molecule has 0 aromatic heterocycles. The maximum absolute atomic E-state index is 13.1. The molecular formula is C29H39FO6. The van der Waals surface area contributed by atoms with E-state index in [1.165, 1.54) is 24.3 Å². The summed E-state index contributed by atoms with van der Waals surface area (Å²) in [4.78, 5) is 11.5. The van der Waals surface area contributed by atoms with Gasteiger partial charge in [-0.1, -0.05) is 36.5 Å². The van der Waals surface area contributed by atoms with Crippen LogP contribution in [0.4, 0.5) is 4.39 Å².